The van der Waals surface area contributed by atoms with Crippen molar-refractivity contribution in [3.05, 3.63) is 28.8 Å². The van der Waals surface area contributed by atoms with Crippen molar-refractivity contribution in [3.63, 3.8) is 0 Å². The fraction of sp³-hybridized carbons (Fsp3) is 0.308. The molecule has 0 saturated carbocycles. The third-order valence-corrected chi connectivity index (χ3v) is 2.43. The zero-order valence-electron chi connectivity index (χ0n) is 9.50. The van der Waals surface area contributed by atoms with E-state index in [0.29, 0.717) is 22.8 Å². The average molecular weight is 251 g/mol. The molecule has 0 unspecified atom stereocenters. The number of unbranched alkanes of at least 4 members (excludes halogenated alkanes) is 2. The highest BCUT2D eigenvalue weighted by molar-refractivity contribution is 6.31. The summed E-state index contributed by atoms with van der Waals surface area (Å²) in [6, 6.07) is 4.79. The second-order valence-corrected chi connectivity index (χ2v) is 4.13. The number of rotatable bonds is 5. The summed E-state index contributed by atoms with van der Waals surface area (Å²) in [6.45, 7) is 0.604. The average Bonchev–Trinajstić information content (AvgIpc) is 2.27. The normalized spacial score (nSPS) is 9.65. The SMILES string of the molecule is C#CCCCCNC(=O)c1cc(N)cc(Cl)c1. The van der Waals surface area contributed by atoms with Gasteiger partial charge in [-0.2, -0.15) is 0 Å². The Morgan fingerprint density at radius 2 is 2.18 bits per heavy atom. The summed E-state index contributed by atoms with van der Waals surface area (Å²) in [7, 11) is 0. The molecule has 1 amide bonds. The summed E-state index contributed by atoms with van der Waals surface area (Å²) >= 11 is 5.81. The predicted molar refractivity (Wildman–Crippen MR) is 70.9 cm³/mol. The lowest BCUT2D eigenvalue weighted by atomic mass is 10.2. The van der Waals surface area contributed by atoms with Gasteiger partial charge in [-0.1, -0.05) is 11.6 Å². The van der Waals surface area contributed by atoms with Gasteiger partial charge in [-0.15, -0.1) is 12.3 Å². The van der Waals surface area contributed by atoms with Gasteiger partial charge in [0.2, 0.25) is 0 Å². The molecular weight excluding hydrogens is 236 g/mol. The summed E-state index contributed by atoms with van der Waals surface area (Å²) in [5.74, 6) is 2.39. The van der Waals surface area contributed by atoms with Crippen molar-refractivity contribution in [2.24, 2.45) is 0 Å². The fourth-order valence-corrected chi connectivity index (χ4v) is 1.64. The minimum absolute atomic E-state index is 0.167. The van der Waals surface area contributed by atoms with Crippen LogP contribution in [0.3, 0.4) is 0 Å². The maximum Gasteiger partial charge on any atom is 0.251 e. The predicted octanol–water partition coefficient (Wildman–Crippen LogP) is 2.46. The third kappa shape index (κ3) is 4.80. The van der Waals surface area contributed by atoms with Crippen LogP contribution in [-0.4, -0.2) is 12.5 Å². The molecule has 1 rings (SSSR count). The minimum Gasteiger partial charge on any atom is -0.399 e. The van der Waals surface area contributed by atoms with Crippen molar-refractivity contribution < 1.29 is 4.79 Å². The number of anilines is 1. The second kappa shape index (κ2) is 6.82. The van der Waals surface area contributed by atoms with E-state index >= 15 is 0 Å². The van der Waals surface area contributed by atoms with Crippen molar-refractivity contribution in [1.29, 1.82) is 0 Å². The molecule has 1 aromatic carbocycles. The van der Waals surface area contributed by atoms with Crippen LogP contribution in [0.2, 0.25) is 5.02 Å². The molecule has 0 fully saturated rings. The quantitative estimate of drug-likeness (QED) is 0.479. The van der Waals surface area contributed by atoms with Crippen LogP contribution in [0.15, 0.2) is 18.2 Å². The Balaban J connectivity index is 2.44. The van der Waals surface area contributed by atoms with Crippen LogP contribution in [-0.2, 0) is 0 Å². The van der Waals surface area contributed by atoms with Gasteiger partial charge in [0.15, 0.2) is 0 Å². The lowest BCUT2D eigenvalue weighted by Crippen LogP contribution is -2.24. The van der Waals surface area contributed by atoms with Gasteiger partial charge in [-0.05, 0) is 31.0 Å². The van der Waals surface area contributed by atoms with Crippen LogP contribution < -0.4 is 11.1 Å². The van der Waals surface area contributed by atoms with E-state index in [1.807, 2.05) is 0 Å². The van der Waals surface area contributed by atoms with Gasteiger partial charge >= 0.3 is 0 Å². The van der Waals surface area contributed by atoms with E-state index in [-0.39, 0.29) is 5.91 Å². The summed E-state index contributed by atoms with van der Waals surface area (Å²) < 4.78 is 0. The minimum atomic E-state index is -0.167. The van der Waals surface area contributed by atoms with Crippen molar-refractivity contribution in [2.45, 2.75) is 19.3 Å². The molecule has 0 spiro atoms. The molecule has 90 valence electrons. The van der Waals surface area contributed by atoms with Crippen LogP contribution in [0, 0.1) is 12.3 Å². The Labute approximate surface area is 106 Å². The van der Waals surface area contributed by atoms with Gasteiger partial charge in [0.1, 0.15) is 0 Å². The van der Waals surface area contributed by atoms with Crippen LogP contribution in [0.1, 0.15) is 29.6 Å². The maximum atomic E-state index is 11.7. The highest BCUT2D eigenvalue weighted by atomic mass is 35.5. The first-order valence-electron chi connectivity index (χ1n) is 5.41. The molecule has 0 aliphatic carbocycles. The highest BCUT2D eigenvalue weighted by Crippen LogP contribution is 2.16. The number of nitrogens with one attached hydrogen (secondary N) is 1. The summed E-state index contributed by atoms with van der Waals surface area (Å²) in [4.78, 5) is 11.7. The number of amides is 1. The number of hydrogen-bond donors (Lipinski definition) is 2. The number of carbonyl (C=O) groups is 1. The third-order valence-electron chi connectivity index (χ3n) is 2.22. The van der Waals surface area contributed by atoms with Crippen molar-refractivity contribution >= 4 is 23.2 Å². The van der Waals surface area contributed by atoms with Gasteiger partial charge in [-0.25, -0.2) is 0 Å². The van der Waals surface area contributed by atoms with E-state index in [2.05, 4.69) is 11.2 Å². The topological polar surface area (TPSA) is 55.1 Å². The molecule has 0 heterocycles. The van der Waals surface area contributed by atoms with Crippen molar-refractivity contribution in [3.8, 4) is 12.3 Å². The lowest BCUT2D eigenvalue weighted by Gasteiger charge is -2.05. The van der Waals surface area contributed by atoms with Crippen LogP contribution in [0.5, 0.6) is 0 Å². The molecule has 0 aliphatic rings. The van der Waals surface area contributed by atoms with Gasteiger partial charge in [0, 0.05) is 29.2 Å². The Kier molecular flexibility index (Phi) is 5.38. The Bertz CT molecular complexity index is 417. The monoisotopic (exact) mass is 250 g/mol. The number of nitrogen functional groups attached to an aromatic ring is 1. The number of carbonyl (C=O) groups excluding carboxylic acids is 1. The number of halogens is 1. The van der Waals surface area contributed by atoms with Gasteiger partial charge in [0.05, 0.1) is 0 Å². The summed E-state index contributed by atoms with van der Waals surface area (Å²) in [5.41, 5.74) is 6.57. The van der Waals surface area contributed by atoms with Crippen LogP contribution in [0.25, 0.3) is 0 Å². The maximum absolute atomic E-state index is 11.7. The van der Waals surface area contributed by atoms with Crippen molar-refractivity contribution in [2.75, 3.05) is 12.3 Å². The molecule has 3 N–H and O–H groups in total. The number of hydrogen-bond acceptors (Lipinski definition) is 2. The standard InChI is InChI=1S/C13H15ClN2O/c1-2-3-4-5-6-16-13(17)10-7-11(14)9-12(15)8-10/h1,7-9H,3-6,15H2,(H,16,17). The summed E-state index contributed by atoms with van der Waals surface area (Å²) in [6.07, 6.45) is 7.64. The van der Waals surface area contributed by atoms with Gasteiger partial charge in [-0.3, -0.25) is 4.79 Å². The highest BCUT2D eigenvalue weighted by Gasteiger charge is 2.06. The van der Waals surface area contributed by atoms with Crippen LogP contribution >= 0.6 is 11.6 Å². The first kappa shape index (κ1) is 13.4. The molecular formula is C13H15ClN2O. The molecule has 3 nitrogen and oxygen atoms in total. The molecule has 1 aromatic rings. The zero-order valence-corrected chi connectivity index (χ0v) is 10.3. The first-order valence-corrected chi connectivity index (χ1v) is 5.79. The molecule has 17 heavy (non-hydrogen) atoms. The zero-order chi connectivity index (χ0) is 12.7. The van der Waals surface area contributed by atoms with Crippen molar-refractivity contribution in [1.82, 2.24) is 5.32 Å². The van der Waals surface area contributed by atoms with E-state index in [1.165, 1.54) is 0 Å². The lowest BCUT2D eigenvalue weighted by molar-refractivity contribution is 0.0953. The molecule has 0 saturated heterocycles. The molecule has 0 aliphatic heterocycles. The largest absolute Gasteiger partial charge is 0.399 e. The second-order valence-electron chi connectivity index (χ2n) is 3.69. The number of nitrogens with two attached hydrogens (primary N) is 1. The molecule has 4 heteroatoms. The van der Waals surface area contributed by atoms with E-state index in [4.69, 9.17) is 23.8 Å². The van der Waals surface area contributed by atoms with E-state index in [0.717, 1.165) is 19.3 Å². The fourth-order valence-electron chi connectivity index (χ4n) is 1.40. The molecule has 0 radical (unpaired) electrons. The summed E-state index contributed by atoms with van der Waals surface area (Å²) in [5, 5.41) is 3.25. The van der Waals surface area contributed by atoms with Crippen LogP contribution in [0.4, 0.5) is 5.69 Å². The van der Waals surface area contributed by atoms with E-state index in [1.54, 1.807) is 18.2 Å². The Morgan fingerprint density at radius 3 is 2.82 bits per heavy atom. The molecule has 0 aromatic heterocycles. The van der Waals surface area contributed by atoms with E-state index < -0.39 is 0 Å². The van der Waals surface area contributed by atoms with Gasteiger partial charge < -0.3 is 11.1 Å². The van der Waals surface area contributed by atoms with E-state index in [9.17, 15) is 4.79 Å². The molecule has 0 bridgehead atoms. The smallest absolute Gasteiger partial charge is 0.251 e. The Morgan fingerprint density at radius 1 is 1.41 bits per heavy atom. The molecule has 0 atom stereocenters. The number of terminal acetylenes is 1. The van der Waals surface area contributed by atoms with Gasteiger partial charge in [0.25, 0.3) is 5.91 Å². The first-order chi connectivity index (χ1) is 8.13. The Hall–Kier alpha value is -1.66. The number of benzene rings is 1.